The van der Waals surface area contributed by atoms with Crippen molar-refractivity contribution in [3.8, 4) is 0 Å². The molecular formula is C13H16N2O3. The normalized spacial score (nSPS) is 14.3. The van der Waals surface area contributed by atoms with Gasteiger partial charge in [0.2, 0.25) is 0 Å². The van der Waals surface area contributed by atoms with E-state index in [4.69, 9.17) is 10.8 Å². The number of anilines is 1. The van der Waals surface area contributed by atoms with Crippen LogP contribution in [0.4, 0.5) is 5.69 Å². The van der Waals surface area contributed by atoms with E-state index >= 15 is 0 Å². The Hall–Kier alpha value is -2.04. The number of nitrogens with two attached hydrogens (primary N) is 1. The van der Waals surface area contributed by atoms with Crippen LogP contribution in [-0.4, -0.2) is 34.5 Å². The van der Waals surface area contributed by atoms with E-state index in [1.165, 1.54) is 4.90 Å². The zero-order valence-electron chi connectivity index (χ0n) is 10.2. The second-order valence-corrected chi connectivity index (χ2v) is 4.63. The van der Waals surface area contributed by atoms with E-state index < -0.39 is 5.97 Å². The summed E-state index contributed by atoms with van der Waals surface area (Å²) in [5.74, 6) is -1.22. The molecule has 1 aromatic rings. The summed E-state index contributed by atoms with van der Waals surface area (Å²) >= 11 is 0. The molecule has 1 aliphatic rings. The lowest BCUT2D eigenvalue weighted by Gasteiger charge is -2.20. The lowest BCUT2D eigenvalue weighted by Crippen LogP contribution is -2.37. The van der Waals surface area contributed by atoms with Crippen molar-refractivity contribution in [2.75, 3.05) is 12.3 Å². The van der Waals surface area contributed by atoms with Crippen LogP contribution in [0.2, 0.25) is 0 Å². The average Bonchev–Trinajstić information content (AvgIpc) is 3.12. The summed E-state index contributed by atoms with van der Waals surface area (Å²) in [5.41, 5.74) is 7.65. The molecule has 0 bridgehead atoms. The lowest BCUT2D eigenvalue weighted by atomic mass is 10.1. The molecule has 1 aliphatic carbocycles. The van der Waals surface area contributed by atoms with Gasteiger partial charge < -0.3 is 15.7 Å². The highest BCUT2D eigenvalue weighted by Gasteiger charge is 2.34. The first-order valence-corrected chi connectivity index (χ1v) is 5.88. The molecule has 0 unspecified atom stereocenters. The third kappa shape index (κ3) is 2.61. The second-order valence-electron chi connectivity index (χ2n) is 4.63. The maximum atomic E-state index is 12.2. The molecule has 0 aliphatic heterocycles. The minimum absolute atomic E-state index is 0.0754. The first kappa shape index (κ1) is 12.4. The monoisotopic (exact) mass is 248 g/mol. The largest absolute Gasteiger partial charge is 0.480 e. The van der Waals surface area contributed by atoms with Gasteiger partial charge in [0.05, 0.1) is 0 Å². The molecule has 1 amide bonds. The van der Waals surface area contributed by atoms with Gasteiger partial charge in [-0.2, -0.15) is 0 Å². The smallest absolute Gasteiger partial charge is 0.323 e. The maximum Gasteiger partial charge on any atom is 0.323 e. The van der Waals surface area contributed by atoms with Crippen LogP contribution >= 0.6 is 0 Å². The number of benzene rings is 1. The van der Waals surface area contributed by atoms with Crippen LogP contribution in [0.5, 0.6) is 0 Å². The Bertz CT molecular complexity index is 495. The molecule has 0 saturated heterocycles. The van der Waals surface area contributed by atoms with Gasteiger partial charge in [0.1, 0.15) is 6.54 Å². The van der Waals surface area contributed by atoms with Gasteiger partial charge >= 0.3 is 5.97 Å². The van der Waals surface area contributed by atoms with Crippen LogP contribution in [0.1, 0.15) is 28.8 Å². The second kappa shape index (κ2) is 4.68. The van der Waals surface area contributed by atoms with E-state index in [-0.39, 0.29) is 18.5 Å². The number of carboxylic acid groups (broad SMARTS) is 1. The van der Waals surface area contributed by atoms with Gasteiger partial charge in [-0.15, -0.1) is 0 Å². The molecule has 5 heteroatoms. The molecule has 3 N–H and O–H groups in total. The van der Waals surface area contributed by atoms with Crippen molar-refractivity contribution in [1.29, 1.82) is 0 Å². The Morgan fingerprint density at radius 2 is 2.11 bits per heavy atom. The SMILES string of the molecule is Cc1cc(C(=O)N(CC(=O)O)C2CC2)ccc1N. The van der Waals surface area contributed by atoms with Crippen molar-refractivity contribution in [1.82, 2.24) is 4.90 Å². The number of hydrogen-bond donors (Lipinski definition) is 2. The Kier molecular flexibility index (Phi) is 3.23. The number of nitrogens with zero attached hydrogens (tertiary/aromatic N) is 1. The highest BCUT2D eigenvalue weighted by atomic mass is 16.4. The third-order valence-corrected chi connectivity index (χ3v) is 3.07. The zero-order valence-corrected chi connectivity index (χ0v) is 10.2. The highest BCUT2D eigenvalue weighted by molar-refractivity contribution is 5.96. The van der Waals surface area contributed by atoms with Crippen molar-refractivity contribution >= 4 is 17.6 Å². The van der Waals surface area contributed by atoms with Gasteiger partial charge in [-0.05, 0) is 43.5 Å². The minimum Gasteiger partial charge on any atom is -0.480 e. The fourth-order valence-electron chi connectivity index (χ4n) is 1.87. The fourth-order valence-corrected chi connectivity index (χ4v) is 1.87. The number of rotatable bonds is 4. The standard InChI is InChI=1S/C13H16N2O3/c1-8-6-9(2-5-11(8)14)13(18)15(7-12(16)17)10-3-4-10/h2,5-6,10H,3-4,7,14H2,1H3,(H,16,17). The van der Waals surface area contributed by atoms with E-state index in [9.17, 15) is 9.59 Å². The predicted octanol–water partition coefficient (Wildman–Crippen LogP) is 1.27. The van der Waals surface area contributed by atoms with Gasteiger partial charge in [0.25, 0.3) is 5.91 Å². The Morgan fingerprint density at radius 1 is 1.44 bits per heavy atom. The number of aliphatic carboxylic acids is 1. The average molecular weight is 248 g/mol. The number of hydrogen-bond acceptors (Lipinski definition) is 3. The molecule has 0 aromatic heterocycles. The van der Waals surface area contributed by atoms with Crippen molar-refractivity contribution in [2.24, 2.45) is 0 Å². The van der Waals surface area contributed by atoms with Crippen LogP contribution in [0.25, 0.3) is 0 Å². The molecule has 0 atom stereocenters. The molecule has 2 rings (SSSR count). The third-order valence-electron chi connectivity index (χ3n) is 3.07. The van der Waals surface area contributed by atoms with Crippen LogP contribution < -0.4 is 5.73 Å². The van der Waals surface area contributed by atoms with E-state index in [1.54, 1.807) is 18.2 Å². The quantitative estimate of drug-likeness (QED) is 0.786. The number of aryl methyl sites for hydroxylation is 1. The van der Waals surface area contributed by atoms with Crippen LogP contribution in [0, 0.1) is 6.92 Å². The number of amides is 1. The molecule has 1 saturated carbocycles. The summed E-state index contributed by atoms with van der Waals surface area (Å²) in [6, 6.07) is 5.09. The molecule has 0 heterocycles. The van der Waals surface area contributed by atoms with E-state index in [0.29, 0.717) is 11.3 Å². The van der Waals surface area contributed by atoms with Gasteiger partial charge in [0.15, 0.2) is 0 Å². The fraction of sp³-hybridized carbons (Fsp3) is 0.385. The highest BCUT2D eigenvalue weighted by Crippen LogP contribution is 2.28. The van der Waals surface area contributed by atoms with Gasteiger partial charge in [0, 0.05) is 17.3 Å². The first-order chi connectivity index (χ1) is 8.49. The summed E-state index contributed by atoms with van der Waals surface area (Å²) in [6.45, 7) is 1.58. The van der Waals surface area contributed by atoms with Crippen LogP contribution in [0.3, 0.4) is 0 Å². The Balaban J connectivity index is 2.21. The molecule has 1 fully saturated rings. The van der Waals surface area contributed by atoms with Crippen molar-refractivity contribution in [2.45, 2.75) is 25.8 Å². The topological polar surface area (TPSA) is 83.6 Å². The van der Waals surface area contributed by atoms with Gasteiger partial charge in [-0.1, -0.05) is 0 Å². The number of nitrogen functional groups attached to an aromatic ring is 1. The Labute approximate surface area is 105 Å². The summed E-state index contributed by atoms with van der Waals surface area (Å²) in [6.07, 6.45) is 1.76. The Morgan fingerprint density at radius 3 is 2.61 bits per heavy atom. The van der Waals surface area contributed by atoms with Crippen LogP contribution in [-0.2, 0) is 4.79 Å². The lowest BCUT2D eigenvalue weighted by molar-refractivity contribution is -0.137. The maximum absolute atomic E-state index is 12.2. The van der Waals surface area contributed by atoms with Crippen molar-refractivity contribution in [3.63, 3.8) is 0 Å². The molecular weight excluding hydrogens is 232 g/mol. The van der Waals surface area contributed by atoms with Crippen LogP contribution in [0.15, 0.2) is 18.2 Å². The van der Waals surface area contributed by atoms with E-state index in [2.05, 4.69) is 0 Å². The number of carbonyl (C=O) groups is 2. The summed E-state index contributed by atoms with van der Waals surface area (Å²) in [4.78, 5) is 24.5. The van der Waals surface area contributed by atoms with E-state index in [0.717, 1.165) is 18.4 Å². The molecule has 96 valence electrons. The first-order valence-electron chi connectivity index (χ1n) is 5.88. The molecule has 18 heavy (non-hydrogen) atoms. The summed E-state index contributed by atoms with van der Waals surface area (Å²) < 4.78 is 0. The molecule has 5 nitrogen and oxygen atoms in total. The van der Waals surface area contributed by atoms with E-state index in [1.807, 2.05) is 6.92 Å². The van der Waals surface area contributed by atoms with Crippen molar-refractivity contribution < 1.29 is 14.7 Å². The summed E-state index contributed by atoms with van der Waals surface area (Å²) in [7, 11) is 0. The summed E-state index contributed by atoms with van der Waals surface area (Å²) in [5, 5.41) is 8.84. The molecule has 1 aromatic carbocycles. The molecule has 0 spiro atoms. The number of carbonyl (C=O) groups excluding carboxylic acids is 1. The minimum atomic E-state index is -0.984. The van der Waals surface area contributed by atoms with Gasteiger partial charge in [-0.3, -0.25) is 9.59 Å². The number of carboxylic acids is 1. The van der Waals surface area contributed by atoms with Crippen molar-refractivity contribution in [3.05, 3.63) is 29.3 Å². The predicted molar refractivity (Wildman–Crippen MR) is 67.3 cm³/mol. The van der Waals surface area contributed by atoms with Gasteiger partial charge in [-0.25, -0.2) is 0 Å². The molecule has 0 radical (unpaired) electrons. The zero-order chi connectivity index (χ0) is 13.3.